The molecule has 0 aliphatic carbocycles. The summed E-state index contributed by atoms with van der Waals surface area (Å²) in [4.78, 5) is 13.1. The molecule has 1 aromatic rings. The maximum atomic E-state index is 11.0. The number of piperidine rings is 1. The first-order valence-corrected chi connectivity index (χ1v) is 7.08. The first-order chi connectivity index (χ1) is 8.88. The Labute approximate surface area is 120 Å². The second-order valence-electron chi connectivity index (χ2n) is 5.28. The summed E-state index contributed by atoms with van der Waals surface area (Å²) in [5.74, 6) is -0.455. The van der Waals surface area contributed by atoms with Gasteiger partial charge >= 0.3 is 0 Å². The maximum Gasteiger partial charge on any atom is 0.220 e. The van der Waals surface area contributed by atoms with Crippen LogP contribution in [0.2, 0.25) is 0 Å². The van der Waals surface area contributed by atoms with Gasteiger partial charge in [-0.15, -0.1) is 0 Å². The summed E-state index contributed by atoms with van der Waals surface area (Å²) in [6, 6.07) is 0. The first-order valence-electron chi connectivity index (χ1n) is 6.29. The molecule has 3 N–H and O–H groups in total. The number of aliphatic hydroxyl groups is 1. The van der Waals surface area contributed by atoms with Crippen LogP contribution in [0.3, 0.4) is 0 Å². The van der Waals surface area contributed by atoms with Gasteiger partial charge in [-0.25, -0.2) is 0 Å². The van der Waals surface area contributed by atoms with Gasteiger partial charge in [0.05, 0.1) is 22.2 Å². The molecular weight excluding hydrogens is 312 g/mol. The average molecular weight is 331 g/mol. The van der Waals surface area contributed by atoms with Crippen molar-refractivity contribution in [2.75, 3.05) is 13.1 Å². The van der Waals surface area contributed by atoms with Gasteiger partial charge in [-0.05, 0) is 35.3 Å². The number of rotatable bonds is 4. The van der Waals surface area contributed by atoms with Crippen molar-refractivity contribution in [3.05, 3.63) is 16.4 Å². The van der Waals surface area contributed by atoms with Crippen LogP contribution in [0.1, 0.15) is 25.0 Å². The number of nitrogens with two attached hydrogens (primary N) is 1. The van der Waals surface area contributed by atoms with Crippen LogP contribution in [0.25, 0.3) is 0 Å². The third-order valence-corrected chi connectivity index (χ3v) is 4.03. The molecule has 1 fully saturated rings. The molecular formula is C12H19BrN4O2. The number of hydrogen-bond acceptors (Lipinski definition) is 4. The Morgan fingerprint density at radius 3 is 3.00 bits per heavy atom. The van der Waals surface area contributed by atoms with E-state index in [1.807, 2.05) is 13.2 Å². The molecule has 0 saturated carbocycles. The third-order valence-electron chi connectivity index (χ3n) is 3.37. The van der Waals surface area contributed by atoms with Crippen LogP contribution >= 0.6 is 15.9 Å². The van der Waals surface area contributed by atoms with Gasteiger partial charge in [0, 0.05) is 26.3 Å². The fourth-order valence-electron chi connectivity index (χ4n) is 2.63. The Kier molecular flexibility index (Phi) is 4.27. The Bertz CT molecular complexity index is 476. The highest BCUT2D eigenvalue weighted by Gasteiger charge is 2.35. The van der Waals surface area contributed by atoms with E-state index in [2.05, 4.69) is 25.9 Å². The molecule has 1 aliphatic heterocycles. The fraction of sp³-hybridized carbons (Fsp3) is 0.667. The topological polar surface area (TPSA) is 84.4 Å². The van der Waals surface area contributed by atoms with E-state index in [1.54, 1.807) is 4.68 Å². The summed E-state index contributed by atoms with van der Waals surface area (Å²) in [5.41, 5.74) is 5.13. The van der Waals surface area contributed by atoms with Gasteiger partial charge < -0.3 is 10.8 Å². The first kappa shape index (κ1) is 14.5. The number of amides is 1. The van der Waals surface area contributed by atoms with Crippen LogP contribution in [-0.4, -0.2) is 44.4 Å². The third kappa shape index (κ3) is 3.77. The van der Waals surface area contributed by atoms with E-state index in [9.17, 15) is 9.90 Å². The molecule has 106 valence electrons. The predicted molar refractivity (Wildman–Crippen MR) is 74.2 cm³/mol. The molecule has 1 saturated heterocycles. The molecule has 0 radical (unpaired) electrons. The number of nitrogens with zero attached hydrogens (tertiary/aromatic N) is 3. The van der Waals surface area contributed by atoms with E-state index in [0.29, 0.717) is 19.5 Å². The average Bonchev–Trinajstić information content (AvgIpc) is 2.55. The zero-order valence-electron chi connectivity index (χ0n) is 11.0. The lowest BCUT2D eigenvalue weighted by Gasteiger charge is -2.38. The van der Waals surface area contributed by atoms with Gasteiger partial charge in [-0.1, -0.05) is 0 Å². The van der Waals surface area contributed by atoms with Gasteiger partial charge in [-0.2, -0.15) is 5.10 Å². The molecule has 2 heterocycles. The number of aromatic nitrogens is 2. The normalized spacial score (nSPS) is 24.6. The van der Waals surface area contributed by atoms with Gasteiger partial charge in [0.25, 0.3) is 0 Å². The molecule has 1 aliphatic rings. The minimum atomic E-state index is -0.995. The number of carbonyl (C=O) groups is 1. The second kappa shape index (κ2) is 5.60. The van der Waals surface area contributed by atoms with E-state index < -0.39 is 11.5 Å². The quantitative estimate of drug-likeness (QED) is 0.836. The predicted octanol–water partition coefficient (Wildman–Crippen LogP) is 0.385. The minimum absolute atomic E-state index is 0.0207. The van der Waals surface area contributed by atoms with E-state index in [-0.39, 0.29) is 6.42 Å². The number of carbonyl (C=O) groups excluding carboxylic acids is 1. The van der Waals surface area contributed by atoms with Crippen molar-refractivity contribution in [2.45, 2.75) is 31.4 Å². The highest BCUT2D eigenvalue weighted by atomic mass is 79.9. The van der Waals surface area contributed by atoms with Gasteiger partial charge in [0.2, 0.25) is 5.91 Å². The highest BCUT2D eigenvalue weighted by Crippen LogP contribution is 2.26. The Balaban J connectivity index is 2.01. The zero-order valence-corrected chi connectivity index (χ0v) is 12.6. The molecule has 0 aromatic carbocycles. The fourth-order valence-corrected chi connectivity index (χ4v) is 3.14. The van der Waals surface area contributed by atoms with Crippen molar-refractivity contribution in [3.8, 4) is 0 Å². The summed E-state index contributed by atoms with van der Waals surface area (Å²) in [6.45, 7) is 2.01. The molecule has 6 nitrogen and oxygen atoms in total. The molecule has 0 spiro atoms. The van der Waals surface area contributed by atoms with Crippen molar-refractivity contribution < 1.29 is 9.90 Å². The maximum absolute atomic E-state index is 11.0. The summed E-state index contributed by atoms with van der Waals surface area (Å²) in [7, 11) is 1.87. The lowest BCUT2D eigenvalue weighted by atomic mass is 9.89. The monoisotopic (exact) mass is 330 g/mol. The Morgan fingerprint density at radius 2 is 2.42 bits per heavy atom. The number of halogens is 1. The molecule has 1 unspecified atom stereocenters. The van der Waals surface area contributed by atoms with Crippen molar-refractivity contribution in [1.29, 1.82) is 0 Å². The minimum Gasteiger partial charge on any atom is -0.388 e. The van der Waals surface area contributed by atoms with Crippen LogP contribution in [0.5, 0.6) is 0 Å². The molecule has 19 heavy (non-hydrogen) atoms. The molecule has 2 rings (SSSR count). The lowest BCUT2D eigenvalue weighted by molar-refractivity contribution is -0.125. The summed E-state index contributed by atoms with van der Waals surface area (Å²) in [6.07, 6.45) is 3.39. The van der Waals surface area contributed by atoms with E-state index in [1.165, 1.54) is 0 Å². The number of hydrogen-bond donors (Lipinski definition) is 2. The van der Waals surface area contributed by atoms with Crippen LogP contribution in [-0.2, 0) is 18.4 Å². The van der Waals surface area contributed by atoms with Gasteiger partial charge in [0.1, 0.15) is 0 Å². The van der Waals surface area contributed by atoms with Crippen LogP contribution < -0.4 is 5.73 Å². The van der Waals surface area contributed by atoms with Crippen molar-refractivity contribution in [1.82, 2.24) is 14.7 Å². The molecule has 1 amide bonds. The van der Waals surface area contributed by atoms with Crippen molar-refractivity contribution in [3.63, 3.8) is 0 Å². The van der Waals surface area contributed by atoms with Gasteiger partial charge in [0.15, 0.2) is 0 Å². The molecule has 0 bridgehead atoms. The van der Waals surface area contributed by atoms with Gasteiger partial charge in [-0.3, -0.25) is 14.4 Å². The number of β-amino-alcohol motifs (C(OH)–C–C–N with tert-alkyl or cyclic N) is 1. The Hall–Kier alpha value is -0.920. The van der Waals surface area contributed by atoms with Crippen LogP contribution in [0.15, 0.2) is 10.7 Å². The Morgan fingerprint density at radius 1 is 1.68 bits per heavy atom. The lowest BCUT2D eigenvalue weighted by Crippen LogP contribution is -2.49. The van der Waals surface area contributed by atoms with E-state index >= 15 is 0 Å². The van der Waals surface area contributed by atoms with E-state index in [0.717, 1.165) is 23.1 Å². The van der Waals surface area contributed by atoms with E-state index in [4.69, 9.17) is 5.73 Å². The molecule has 7 heteroatoms. The largest absolute Gasteiger partial charge is 0.388 e. The smallest absolute Gasteiger partial charge is 0.220 e. The molecule has 1 atom stereocenters. The zero-order chi connectivity index (χ0) is 14.0. The SMILES string of the molecule is Cn1cc(Br)c(CN2CCCC(O)(CC(N)=O)C2)n1. The van der Waals surface area contributed by atoms with Crippen molar-refractivity contribution in [2.24, 2.45) is 12.8 Å². The summed E-state index contributed by atoms with van der Waals surface area (Å²) < 4.78 is 2.71. The highest BCUT2D eigenvalue weighted by molar-refractivity contribution is 9.10. The molecule has 1 aromatic heterocycles. The number of likely N-dealkylation sites (tertiary alicyclic amines) is 1. The standard InChI is InChI=1S/C12H19BrN4O2/c1-16-6-9(13)10(15-16)7-17-4-2-3-12(19,8-17)5-11(14)18/h6,19H,2-5,7-8H2,1H3,(H2,14,18). The van der Waals surface area contributed by atoms with Crippen LogP contribution in [0.4, 0.5) is 0 Å². The number of aryl methyl sites for hydroxylation is 1. The number of primary amides is 1. The second-order valence-corrected chi connectivity index (χ2v) is 6.13. The van der Waals surface area contributed by atoms with Crippen LogP contribution in [0, 0.1) is 0 Å². The summed E-state index contributed by atoms with van der Waals surface area (Å²) in [5, 5.41) is 14.8. The summed E-state index contributed by atoms with van der Waals surface area (Å²) >= 11 is 3.47. The van der Waals surface area contributed by atoms with Crippen molar-refractivity contribution >= 4 is 21.8 Å².